The van der Waals surface area contributed by atoms with E-state index >= 15 is 0 Å². The number of aryl methyl sites for hydroxylation is 1. The van der Waals surface area contributed by atoms with Gasteiger partial charge in [0.2, 0.25) is 15.9 Å². The van der Waals surface area contributed by atoms with Crippen LogP contribution in [0, 0.1) is 6.92 Å². The zero-order chi connectivity index (χ0) is 19.4. The minimum absolute atomic E-state index is 0.0132. The Bertz CT molecular complexity index is 900. The normalized spacial score (nSPS) is 16.4. The SMILES string of the molecule is CCC(=O)NCc1csc(C2CCN(S(=O)(=O)c3ccccc3C)CC2)n1. The molecule has 1 amide bonds. The molecule has 1 aliphatic heterocycles. The molecule has 0 unspecified atom stereocenters. The maximum absolute atomic E-state index is 12.9. The number of hydrogen-bond acceptors (Lipinski definition) is 5. The highest BCUT2D eigenvalue weighted by Gasteiger charge is 2.31. The standard InChI is InChI=1S/C19H25N3O3S2/c1-3-18(23)20-12-16-13-26-19(21-16)15-8-10-22(11-9-15)27(24,25)17-7-5-4-6-14(17)2/h4-7,13,15H,3,8-12H2,1-2H3,(H,20,23). The Hall–Kier alpha value is -1.77. The summed E-state index contributed by atoms with van der Waals surface area (Å²) >= 11 is 1.59. The van der Waals surface area contributed by atoms with Crippen molar-refractivity contribution in [2.24, 2.45) is 0 Å². The smallest absolute Gasteiger partial charge is 0.243 e. The Kier molecular flexibility index (Phi) is 6.29. The molecular weight excluding hydrogens is 382 g/mol. The molecule has 0 spiro atoms. The van der Waals surface area contributed by atoms with E-state index in [0.717, 1.165) is 29.1 Å². The molecule has 0 atom stereocenters. The highest BCUT2D eigenvalue weighted by molar-refractivity contribution is 7.89. The molecule has 6 nitrogen and oxygen atoms in total. The van der Waals surface area contributed by atoms with Crippen LogP contribution in [0.15, 0.2) is 34.5 Å². The monoisotopic (exact) mass is 407 g/mol. The molecule has 1 fully saturated rings. The minimum atomic E-state index is -3.45. The van der Waals surface area contributed by atoms with Gasteiger partial charge in [0, 0.05) is 30.8 Å². The average molecular weight is 408 g/mol. The molecule has 1 saturated heterocycles. The zero-order valence-electron chi connectivity index (χ0n) is 15.6. The number of nitrogens with zero attached hydrogens (tertiary/aromatic N) is 2. The molecule has 0 saturated carbocycles. The van der Waals surface area contributed by atoms with Gasteiger partial charge in [0.25, 0.3) is 0 Å². The van der Waals surface area contributed by atoms with E-state index in [1.54, 1.807) is 27.8 Å². The number of carbonyl (C=O) groups excluding carboxylic acids is 1. The second-order valence-electron chi connectivity index (χ2n) is 6.75. The predicted molar refractivity (Wildman–Crippen MR) is 106 cm³/mol. The molecule has 8 heteroatoms. The quantitative estimate of drug-likeness (QED) is 0.798. The van der Waals surface area contributed by atoms with E-state index in [2.05, 4.69) is 10.3 Å². The van der Waals surface area contributed by atoms with Gasteiger partial charge in [-0.25, -0.2) is 13.4 Å². The lowest BCUT2D eigenvalue weighted by molar-refractivity contribution is -0.120. The van der Waals surface area contributed by atoms with Crippen LogP contribution in [-0.2, 0) is 21.4 Å². The number of thiazole rings is 1. The molecule has 0 aliphatic carbocycles. The van der Waals surface area contributed by atoms with Crippen LogP contribution in [0.2, 0.25) is 0 Å². The third kappa shape index (κ3) is 4.56. The van der Waals surface area contributed by atoms with Crippen molar-refractivity contribution in [2.75, 3.05) is 13.1 Å². The first-order valence-corrected chi connectivity index (χ1v) is 11.5. The molecule has 1 aromatic heterocycles. The molecule has 0 radical (unpaired) electrons. The maximum Gasteiger partial charge on any atom is 0.243 e. The minimum Gasteiger partial charge on any atom is -0.350 e. The van der Waals surface area contributed by atoms with Gasteiger partial charge in [-0.3, -0.25) is 4.79 Å². The van der Waals surface area contributed by atoms with E-state index in [4.69, 9.17) is 0 Å². The van der Waals surface area contributed by atoms with Crippen molar-refractivity contribution in [3.05, 3.63) is 45.9 Å². The number of hydrogen-bond donors (Lipinski definition) is 1. The van der Waals surface area contributed by atoms with Gasteiger partial charge >= 0.3 is 0 Å². The van der Waals surface area contributed by atoms with Crippen molar-refractivity contribution < 1.29 is 13.2 Å². The van der Waals surface area contributed by atoms with Crippen LogP contribution in [0.25, 0.3) is 0 Å². The van der Waals surface area contributed by atoms with Crippen LogP contribution in [0.1, 0.15) is 48.4 Å². The molecule has 1 aromatic carbocycles. The highest BCUT2D eigenvalue weighted by atomic mass is 32.2. The van der Waals surface area contributed by atoms with E-state index in [1.807, 2.05) is 31.4 Å². The van der Waals surface area contributed by atoms with E-state index in [1.165, 1.54) is 0 Å². The first kappa shape index (κ1) is 20.0. The molecule has 1 N–H and O–H groups in total. The first-order chi connectivity index (χ1) is 12.9. The van der Waals surface area contributed by atoms with Crippen molar-refractivity contribution in [2.45, 2.75) is 50.5 Å². The van der Waals surface area contributed by atoms with Crippen LogP contribution in [0.3, 0.4) is 0 Å². The largest absolute Gasteiger partial charge is 0.350 e. The average Bonchev–Trinajstić information content (AvgIpc) is 3.15. The molecule has 3 rings (SSSR count). The number of carbonyl (C=O) groups is 1. The molecule has 2 heterocycles. The molecule has 146 valence electrons. The number of amides is 1. The third-order valence-corrected chi connectivity index (χ3v) is 7.99. The van der Waals surface area contributed by atoms with Gasteiger partial charge in [-0.2, -0.15) is 4.31 Å². The fourth-order valence-electron chi connectivity index (χ4n) is 3.23. The number of benzene rings is 1. The number of sulfonamides is 1. The first-order valence-electron chi connectivity index (χ1n) is 9.18. The third-order valence-electron chi connectivity index (χ3n) is 4.87. The van der Waals surface area contributed by atoms with Gasteiger partial charge in [0.15, 0.2) is 0 Å². The molecular formula is C19H25N3O3S2. The molecule has 27 heavy (non-hydrogen) atoms. The van der Waals surface area contributed by atoms with E-state index in [-0.39, 0.29) is 11.8 Å². The van der Waals surface area contributed by atoms with E-state index < -0.39 is 10.0 Å². The fraction of sp³-hybridized carbons (Fsp3) is 0.474. The van der Waals surface area contributed by atoms with E-state index in [0.29, 0.717) is 31.0 Å². The van der Waals surface area contributed by atoms with Crippen LogP contribution < -0.4 is 5.32 Å². The fourth-order valence-corrected chi connectivity index (χ4v) is 5.92. The van der Waals surface area contributed by atoms with Crippen molar-refractivity contribution in [1.82, 2.24) is 14.6 Å². The van der Waals surface area contributed by atoms with Crippen molar-refractivity contribution in [1.29, 1.82) is 0 Å². The van der Waals surface area contributed by atoms with Crippen molar-refractivity contribution in [3.63, 3.8) is 0 Å². The van der Waals surface area contributed by atoms with Gasteiger partial charge in [-0.1, -0.05) is 25.1 Å². The summed E-state index contributed by atoms with van der Waals surface area (Å²) in [4.78, 5) is 16.4. The van der Waals surface area contributed by atoms with Crippen molar-refractivity contribution >= 4 is 27.3 Å². The summed E-state index contributed by atoms with van der Waals surface area (Å²) in [5.74, 6) is 0.285. The predicted octanol–water partition coefficient (Wildman–Crippen LogP) is 3.05. The summed E-state index contributed by atoms with van der Waals surface area (Å²) in [5.41, 5.74) is 1.64. The lowest BCUT2D eigenvalue weighted by Crippen LogP contribution is -2.38. The second kappa shape index (κ2) is 8.50. The van der Waals surface area contributed by atoms with Crippen molar-refractivity contribution in [3.8, 4) is 0 Å². The van der Waals surface area contributed by atoms with Crippen LogP contribution in [0.4, 0.5) is 0 Å². The highest BCUT2D eigenvalue weighted by Crippen LogP contribution is 2.32. The van der Waals surface area contributed by atoms with Gasteiger partial charge in [0.05, 0.1) is 22.1 Å². The number of piperidine rings is 1. The Balaban J connectivity index is 1.61. The lowest BCUT2D eigenvalue weighted by atomic mass is 9.99. The summed E-state index contributed by atoms with van der Waals surface area (Å²) in [6.07, 6.45) is 1.99. The summed E-state index contributed by atoms with van der Waals surface area (Å²) in [6.45, 7) is 5.10. The summed E-state index contributed by atoms with van der Waals surface area (Å²) in [5, 5.41) is 5.84. The summed E-state index contributed by atoms with van der Waals surface area (Å²) in [6, 6.07) is 7.12. The Morgan fingerprint density at radius 2 is 2.00 bits per heavy atom. The number of aromatic nitrogens is 1. The van der Waals surface area contributed by atoms with Crippen LogP contribution >= 0.6 is 11.3 Å². The summed E-state index contributed by atoms with van der Waals surface area (Å²) < 4.78 is 27.4. The van der Waals surface area contributed by atoms with Gasteiger partial charge in [-0.15, -0.1) is 11.3 Å². The second-order valence-corrected chi connectivity index (χ2v) is 9.55. The lowest BCUT2D eigenvalue weighted by Gasteiger charge is -2.30. The Morgan fingerprint density at radius 1 is 1.30 bits per heavy atom. The van der Waals surface area contributed by atoms with E-state index in [9.17, 15) is 13.2 Å². The zero-order valence-corrected chi connectivity index (χ0v) is 17.3. The number of nitrogens with one attached hydrogen (secondary N) is 1. The maximum atomic E-state index is 12.9. The van der Waals surface area contributed by atoms with Crippen LogP contribution in [-0.4, -0.2) is 36.7 Å². The van der Waals surface area contributed by atoms with Crippen LogP contribution in [0.5, 0.6) is 0 Å². The van der Waals surface area contributed by atoms with Gasteiger partial charge < -0.3 is 5.32 Å². The number of rotatable bonds is 6. The Morgan fingerprint density at radius 3 is 2.67 bits per heavy atom. The van der Waals surface area contributed by atoms with Gasteiger partial charge in [-0.05, 0) is 31.4 Å². The Labute approximate surface area is 164 Å². The topological polar surface area (TPSA) is 79.4 Å². The summed E-state index contributed by atoms with van der Waals surface area (Å²) in [7, 11) is -3.45. The molecule has 2 aromatic rings. The molecule has 0 bridgehead atoms. The van der Waals surface area contributed by atoms with Gasteiger partial charge in [0.1, 0.15) is 0 Å². The molecule has 1 aliphatic rings.